The molecule has 0 bridgehead atoms. The molecule has 30 heavy (non-hydrogen) atoms. The van der Waals surface area contributed by atoms with Crippen LogP contribution in [0.2, 0.25) is 5.02 Å². The van der Waals surface area contributed by atoms with Gasteiger partial charge in [0.2, 0.25) is 16.0 Å². The summed E-state index contributed by atoms with van der Waals surface area (Å²) in [5, 5.41) is 28.3. The second kappa shape index (κ2) is 7.64. The zero-order valence-electron chi connectivity index (χ0n) is 17.0. The largest absolute Gasteiger partial charge is 0.390 e. The number of anilines is 1. The molecule has 4 rings (SSSR count). The second-order valence-corrected chi connectivity index (χ2v) is 10.6. The van der Waals surface area contributed by atoms with Crippen molar-refractivity contribution in [3.63, 3.8) is 0 Å². The Morgan fingerprint density at radius 2 is 2.20 bits per heavy atom. The van der Waals surface area contributed by atoms with E-state index in [4.69, 9.17) is 11.6 Å². The highest BCUT2D eigenvalue weighted by Gasteiger charge is 2.43. The van der Waals surface area contributed by atoms with Gasteiger partial charge in [0.1, 0.15) is 11.6 Å². The average molecular weight is 453 g/mol. The molecule has 0 spiro atoms. The van der Waals surface area contributed by atoms with E-state index in [1.54, 1.807) is 10.7 Å². The predicted molar refractivity (Wildman–Crippen MR) is 113 cm³/mol. The molecule has 1 aliphatic carbocycles. The van der Waals surface area contributed by atoms with E-state index in [2.05, 4.69) is 28.4 Å². The van der Waals surface area contributed by atoms with Gasteiger partial charge in [-0.3, -0.25) is 0 Å². The van der Waals surface area contributed by atoms with Crippen LogP contribution in [0.3, 0.4) is 0 Å². The van der Waals surface area contributed by atoms with Gasteiger partial charge >= 0.3 is 0 Å². The van der Waals surface area contributed by atoms with Crippen molar-refractivity contribution in [2.75, 3.05) is 24.7 Å². The molecule has 0 aromatic carbocycles. The standard InChI is InChI=1S/C19H25ClN6O3S/c1-3-19(6-4-7-19)17-12(9-21)16(20)14-10-22-18(24-26(14)17)23-13-5-8-25(11-15(13)27)30(2,28)29/h10,13,15,27H,3-8,11H2,1-2H3,(H,23,24). The number of hydrogen-bond donors (Lipinski definition) is 2. The first-order chi connectivity index (χ1) is 14.2. The van der Waals surface area contributed by atoms with Crippen LogP contribution in [0.4, 0.5) is 5.95 Å². The predicted octanol–water partition coefficient (Wildman–Crippen LogP) is 1.89. The molecule has 0 amide bonds. The number of rotatable bonds is 5. The van der Waals surface area contributed by atoms with E-state index in [-0.39, 0.29) is 18.0 Å². The van der Waals surface area contributed by atoms with Gasteiger partial charge in [-0.05, 0) is 25.7 Å². The first kappa shape index (κ1) is 21.3. The van der Waals surface area contributed by atoms with Crippen molar-refractivity contribution in [3.8, 4) is 6.07 Å². The summed E-state index contributed by atoms with van der Waals surface area (Å²) in [4.78, 5) is 4.32. The Kier molecular flexibility index (Phi) is 5.43. The van der Waals surface area contributed by atoms with E-state index in [0.29, 0.717) is 35.0 Å². The summed E-state index contributed by atoms with van der Waals surface area (Å²) in [5.74, 6) is 0.308. The van der Waals surface area contributed by atoms with Crippen LogP contribution < -0.4 is 5.32 Å². The number of nitrogens with one attached hydrogen (secondary N) is 1. The van der Waals surface area contributed by atoms with E-state index in [9.17, 15) is 18.8 Å². The maximum atomic E-state index is 11.7. The molecule has 2 atom stereocenters. The van der Waals surface area contributed by atoms with E-state index < -0.39 is 16.1 Å². The lowest BCUT2D eigenvalue weighted by molar-refractivity contribution is 0.0950. The molecular weight excluding hydrogens is 428 g/mol. The molecule has 0 radical (unpaired) electrons. The van der Waals surface area contributed by atoms with Crippen LogP contribution in [0.5, 0.6) is 0 Å². The third-order valence-corrected chi connectivity index (χ3v) is 8.21. The summed E-state index contributed by atoms with van der Waals surface area (Å²) in [6, 6.07) is 1.86. The summed E-state index contributed by atoms with van der Waals surface area (Å²) >= 11 is 6.49. The molecule has 2 aliphatic rings. The van der Waals surface area contributed by atoms with Crippen molar-refractivity contribution < 1.29 is 13.5 Å². The molecular formula is C19H25ClN6O3S. The summed E-state index contributed by atoms with van der Waals surface area (Å²) < 4.78 is 26.4. The van der Waals surface area contributed by atoms with Gasteiger partial charge in [-0.2, -0.15) is 9.57 Å². The Morgan fingerprint density at radius 3 is 2.73 bits per heavy atom. The molecule has 2 N–H and O–H groups in total. The molecule has 3 heterocycles. The fourth-order valence-corrected chi connectivity index (χ4v) is 5.69. The molecule has 2 fully saturated rings. The topological polar surface area (TPSA) is 124 Å². The Labute approximate surface area is 180 Å². The molecule has 9 nitrogen and oxygen atoms in total. The lowest BCUT2D eigenvalue weighted by Gasteiger charge is -2.41. The van der Waals surface area contributed by atoms with Crippen molar-refractivity contribution in [2.45, 2.75) is 56.6 Å². The molecule has 162 valence electrons. The zero-order chi connectivity index (χ0) is 21.7. The van der Waals surface area contributed by atoms with E-state index in [0.717, 1.165) is 37.6 Å². The first-order valence-corrected chi connectivity index (χ1v) is 12.3. The Bertz CT molecular complexity index is 1120. The molecule has 1 saturated carbocycles. The van der Waals surface area contributed by atoms with Crippen molar-refractivity contribution in [1.29, 1.82) is 5.26 Å². The second-order valence-electron chi connectivity index (χ2n) is 8.24. The lowest BCUT2D eigenvalue weighted by atomic mass is 9.64. The van der Waals surface area contributed by atoms with Gasteiger partial charge in [0.15, 0.2) is 0 Å². The minimum absolute atomic E-state index is 0.0247. The van der Waals surface area contributed by atoms with E-state index in [1.165, 1.54) is 4.31 Å². The number of fused-ring (bicyclic) bond motifs is 1. The number of sulfonamides is 1. The quantitative estimate of drug-likeness (QED) is 0.709. The molecule has 2 unspecified atom stereocenters. The molecule has 11 heteroatoms. The van der Waals surface area contributed by atoms with Crippen molar-refractivity contribution in [3.05, 3.63) is 22.5 Å². The SMILES string of the molecule is CCC1(c2c(C#N)c(Cl)c3cnc(NC4CCN(S(C)(=O)=O)CC4O)nn23)CCC1. The van der Waals surface area contributed by atoms with Gasteiger partial charge in [0.05, 0.1) is 40.9 Å². The van der Waals surface area contributed by atoms with Crippen LogP contribution in [-0.4, -0.2) is 63.9 Å². The summed E-state index contributed by atoms with van der Waals surface area (Å²) in [6.07, 6.45) is 6.22. The van der Waals surface area contributed by atoms with E-state index in [1.807, 2.05) is 0 Å². The van der Waals surface area contributed by atoms with Gasteiger partial charge in [-0.1, -0.05) is 24.9 Å². The van der Waals surface area contributed by atoms with E-state index >= 15 is 0 Å². The monoisotopic (exact) mass is 452 g/mol. The molecule has 1 aliphatic heterocycles. The van der Waals surface area contributed by atoms with Gasteiger partial charge in [0, 0.05) is 18.5 Å². The average Bonchev–Trinajstić information content (AvgIpc) is 2.94. The number of nitrogens with zero attached hydrogens (tertiary/aromatic N) is 5. The number of piperidine rings is 1. The molecule has 2 aromatic rings. The van der Waals surface area contributed by atoms with Crippen molar-refractivity contribution in [1.82, 2.24) is 18.9 Å². The van der Waals surface area contributed by atoms with Gasteiger partial charge in [0.25, 0.3) is 0 Å². The van der Waals surface area contributed by atoms with Crippen molar-refractivity contribution >= 4 is 33.1 Å². The van der Waals surface area contributed by atoms with Crippen molar-refractivity contribution in [2.24, 2.45) is 0 Å². The maximum absolute atomic E-state index is 11.7. The Hall–Kier alpha value is -1.93. The highest BCUT2D eigenvalue weighted by Crippen LogP contribution is 2.49. The van der Waals surface area contributed by atoms with Crippen LogP contribution in [0, 0.1) is 11.3 Å². The number of aliphatic hydroxyl groups excluding tert-OH is 1. The number of aromatic nitrogens is 3. The molecule has 2 aromatic heterocycles. The first-order valence-electron chi connectivity index (χ1n) is 10.1. The third kappa shape index (κ3) is 3.43. The minimum Gasteiger partial charge on any atom is -0.390 e. The van der Waals surface area contributed by atoms with Crippen LogP contribution >= 0.6 is 11.6 Å². The van der Waals surface area contributed by atoms with Gasteiger partial charge < -0.3 is 10.4 Å². The van der Waals surface area contributed by atoms with Crippen LogP contribution in [0.15, 0.2) is 6.20 Å². The fourth-order valence-electron chi connectivity index (χ4n) is 4.57. The number of halogens is 1. The van der Waals surface area contributed by atoms with Crippen LogP contribution in [-0.2, 0) is 15.4 Å². The highest BCUT2D eigenvalue weighted by atomic mass is 35.5. The summed E-state index contributed by atoms with van der Waals surface area (Å²) in [5.41, 5.74) is 1.75. The van der Waals surface area contributed by atoms with Crippen LogP contribution in [0.1, 0.15) is 50.3 Å². The third-order valence-electron chi connectivity index (χ3n) is 6.55. The minimum atomic E-state index is -3.35. The van der Waals surface area contributed by atoms with Gasteiger partial charge in [-0.25, -0.2) is 17.9 Å². The number of β-amino-alcohol motifs (C(OH)–C–C–N with tert-alkyl or cyclic N) is 1. The Balaban J connectivity index is 1.67. The molecule has 1 saturated heterocycles. The number of hydrogen-bond acceptors (Lipinski definition) is 7. The fraction of sp³-hybridized carbons (Fsp3) is 0.632. The zero-order valence-corrected chi connectivity index (χ0v) is 18.5. The summed E-state index contributed by atoms with van der Waals surface area (Å²) in [7, 11) is -3.35. The lowest BCUT2D eigenvalue weighted by Crippen LogP contribution is -2.51. The highest BCUT2D eigenvalue weighted by molar-refractivity contribution is 7.88. The Morgan fingerprint density at radius 1 is 1.47 bits per heavy atom. The number of nitriles is 1. The maximum Gasteiger partial charge on any atom is 0.241 e. The number of aliphatic hydroxyl groups is 1. The van der Waals surface area contributed by atoms with Crippen LogP contribution in [0.25, 0.3) is 5.52 Å². The van der Waals surface area contributed by atoms with Gasteiger partial charge in [-0.15, -0.1) is 5.10 Å². The summed E-state index contributed by atoms with van der Waals surface area (Å²) in [6.45, 7) is 2.45. The normalized spacial score (nSPS) is 24.4. The smallest absolute Gasteiger partial charge is 0.241 e.